The van der Waals surface area contributed by atoms with Crippen LogP contribution < -0.4 is 10.6 Å². The normalized spacial score (nSPS) is 13.0. The van der Waals surface area contributed by atoms with Gasteiger partial charge in [-0.3, -0.25) is 14.4 Å². The molecule has 0 aromatic heterocycles. The van der Waals surface area contributed by atoms with Crippen LogP contribution in [0.2, 0.25) is 0 Å². The summed E-state index contributed by atoms with van der Waals surface area (Å²) in [7, 11) is 1.19. The number of ether oxygens (including phenoxy) is 2. The van der Waals surface area contributed by atoms with Gasteiger partial charge in [-0.2, -0.15) is 12.6 Å². The summed E-state index contributed by atoms with van der Waals surface area (Å²) >= 11 is 4.19. The number of phenols is 1. The zero-order chi connectivity index (χ0) is 25.3. The summed E-state index contributed by atoms with van der Waals surface area (Å²) < 4.78 is 9.79. The minimum Gasteiger partial charge on any atom is -0.508 e. The molecular formula is C22H33N3O7S. The molecule has 0 bridgehead atoms. The van der Waals surface area contributed by atoms with E-state index in [1.807, 2.05) is 0 Å². The van der Waals surface area contributed by atoms with Crippen molar-refractivity contribution in [1.29, 1.82) is 0 Å². The molecule has 0 spiro atoms. The fraction of sp³-hybridized carbons (Fsp3) is 0.545. The highest BCUT2D eigenvalue weighted by molar-refractivity contribution is 7.80. The molecule has 0 aliphatic heterocycles. The lowest BCUT2D eigenvalue weighted by molar-refractivity contribution is -0.145. The molecule has 2 unspecified atom stereocenters. The molecule has 0 heterocycles. The molecule has 0 saturated heterocycles. The van der Waals surface area contributed by atoms with E-state index < -0.39 is 54.1 Å². The number of hydrogen-bond donors (Lipinski definition) is 4. The van der Waals surface area contributed by atoms with Crippen molar-refractivity contribution in [2.45, 2.75) is 58.3 Å². The quantitative estimate of drug-likeness (QED) is 0.311. The first-order valence-corrected chi connectivity index (χ1v) is 11.0. The Labute approximate surface area is 199 Å². The van der Waals surface area contributed by atoms with Crippen LogP contribution in [-0.4, -0.2) is 71.0 Å². The van der Waals surface area contributed by atoms with Gasteiger partial charge < -0.3 is 30.1 Å². The first-order chi connectivity index (χ1) is 15.3. The van der Waals surface area contributed by atoms with Crippen LogP contribution in [0.5, 0.6) is 5.75 Å². The standard InChI is InChI=1S/C22H33N3O7S/c1-13(2)25(20(29)16(12-33)24-21(30)32-22(3,4)5)18(14-7-9-15(26)10-8-14)19(28)23-11-17(27)31-6/h7-10,13,16,18,26,33H,11-12H2,1-6H3,(H,23,28)(H,24,30). The molecule has 0 radical (unpaired) electrons. The average Bonchev–Trinajstić information content (AvgIpc) is 2.72. The van der Waals surface area contributed by atoms with Crippen LogP contribution in [0.1, 0.15) is 46.2 Å². The van der Waals surface area contributed by atoms with Crippen molar-refractivity contribution in [3.63, 3.8) is 0 Å². The number of alkyl carbamates (subject to hydrolysis) is 1. The molecule has 2 atom stereocenters. The van der Waals surface area contributed by atoms with Crippen LogP contribution in [0.4, 0.5) is 4.79 Å². The average molecular weight is 484 g/mol. The summed E-state index contributed by atoms with van der Waals surface area (Å²) in [5.74, 6) is -1.93. The molecule has 0 saturated carbocycles. The summed E-state index contributed by atoms with van der Waals surface area (Å²) in [6.07, 6.45) is -0.796. The molecule has 33 heavy (non-hydrogen) atoms. The number of thiol groups is 1. The summed E-state index contributed by atoms with van der Waals surface area (Å²) in [6, 6.07) is 3.03. The van der Waals surface area contributed by atoms with Gasteiger partial charge in [0.25, 0.3) is 0 Å². The van der Waals surface area contributed by atoms with Gasteiger partial charge in [0.05, 0.1) is 7.11 Å². The van der Waals surface area contributed by atoms with E-state index in [0.29, 0.717) is 5.56 Å². The maximum Gasteiger partial charge on any atom is 0.408 e. The number of methoxy groups -OCH3 is 1. The van der Waals surface area contributed by atoms with Crippen LogP contribution >= 0.6 is 12.6 Å². The number of amides is 3. The number of carbonyl (C=O) groups is 4. The predicted octanol–water partition coefficient (Wildman–Crippen LogP) is 1.78. The Balaban J connectivity index is 3.31. The molecule has 3 amide bonds. The summed E-state index contributed by atoms with van der Waals surface area (Å²) in [5.41, 5.74) is -0.374. The van der Waals surface area contributed by atoms with Gasteiger partial charge in [-0.15, -0.1) is 0 Å². The van der Waals surface area contributed by atoms with Crippen LogP contribution in [0.25, 0.3) is 0 Å². The number of nitrogens with one attached hydrogen (secondary N) is 2. The molecule has 1 aromatic rings. The largest absolute Gasteiger partial charge is 0.508 e. The van der Waals surface area contributed by atoms with E-state index in [2.05, 4.69) is 28.0 Å². The van der Waals surface area contributed by atoms with Crippen molar-refractivity contribution in [1.82, 2.24) is 15.5 Å². The number of benzene rings is 1. The number of hydrogen-bond acceptors (Lipinski definition) is 8. The minimum atomic E-state index is -1.16. The summed E-state index contributed by atoms with van der Waals surface area (Å²) in [4.78, 5) is 51.7. The van der Waals surface area contributed by atoms with Crippen molar-refractivity contribution < 1.29 is 33.8 Å². The van der Waals surface area contributed by atoms with Crippen LogP contribution in [0.3, 0.4) is 0 Å². The smallest absolute Gasteiger partial charge is 0.408 e. The third-order valence-corrected chi connectivity index (χ3v) is 4.72. The molecule has 11 heteroatoms. The van der Waals surface area contributed by atoms with Gasteiger partial charge in [0.15, 0.2) is 0 Å². The minimum absolute atomic E-state index is 0.0188. The van der Waals surface area contributed by atoms with E-state index in [1.54, 1.807) is 34.6 Å². The number of nitrogens with zero attached hydrogens (tertiary/aromatic N) is 1. The van der Waals surface area contributed by atoms with E-state index in [1.165, 1.54) is 36.3 Å². The van der Waals surface area contributed by atoms with E-state index >= 15 is 0 Å². The molecule has 0 aliphatic rings. The molecular weight excluding hydrogens is 450 g/mol. The highest BCUT2D eigenvalue weighted by Crippen LogP contribution is 2.26. The van der Waals surface area contributed by atoms with Crippen molar-refractivity contribution >= 4 is 36.5 Å². The molecule has 0 fully saturated rings. The monoisotopic (exact) mass is 483 g/mol. The predicted molar refractivity (Wildman–Crippen MR) is 125 cm³/mol. The number of aromatic hydroxyl groups is 1. The first kappa shape index (κ1) is 28.1. The molecule has 1 rings (SSSR count). The number of phenolic OH excluding ortho intramolecular Hbond substituents is 1. The Morgan fingerprint density at radius 3 is 2.15 bits per heavy atom. The molecule has 3 N–H and O–H groups in total. The Morgan fingerprint density at radius 2 is 1.70 bits per heavy atom. The summed E-state index contributed by atoms with van der Waals surface area (Å²) in [6.45, 7) is 8.10. The Hall–Kier alpha value is -2.95. The van der Waals surface area contributed by atoms with Gasteiger partial charge in [0, 0.05) is 11.8 Å². The van der Waals surface area contributed by atoms with Crippen LogP contribution in [0, 0.1) is 0 Å². The highest BCUT2D eigenvalue weighted by atomic mass is 32.1. The van der Waals surface area contributed by atoms with Crippen molar-refractivity contribution in [3.05, 3.63) is 29.8 Å². The van der Waals surface area contributed by atoms with Gasteiger partial charge >= 0.3 is 12.1 Å². The number of carbonyl (C=O) groups excluding carboxylic acids is 4. The van der Waals surface area contributed by atoms with Gasteiger partial charge in [-0.1, -0.05) is 12.1 Å². The Kier molecular flexibility index (Phi) is 10.5. The number of esters is 1. The van der Waals surface area contributed by atoms with E-state index in [-0.39, 0.29) is 11.5 Å². The lowest BCUT2D eigenvalue weighted by Gasteiger charge is -2.36. The maximum atomic E-state index is 13.5. The molecule has 184 valence electrons. The molecule has 0 aliphatic carbocycles. The SMILES string of the molecule is COC(=O)CNC(=O)C(c1ccc(O)cc1)N(C(=O)C(CS)NC(=O)OC(C)(C)C)C(C)C. The van der Waals surface area contributed by atoms with Crippen molar-refractivity contribution in [3.8, 4) is 5.75 Å². The van der Waals surface area contributed by atoms with Gasteiger partial charge in [0.2, 0.25) is 11.8 Å². The highest BCUT2D eigenvalue weighted by Gasteiger charge is 2.37. The lowest BCUT2D eigenvalue weighted by atomic mass is 10.0. The Bertz CT molecular complexity index is 837. The van der Waals surface area contributed by atoms with Gasteiger partial charge in [0.1, 0.15) is 30.0 Å². The van der Waals surface area contributed by atoms with Crippen molar-refractivity contribution in [2.24, 2.45) is 0 Å². The van der Waals surface area contributed by atoms with Gasteiger partial charge in [-0.25, -0.2) is 4.79 Å². The Morgan fingerprint density at radius 1 is 1.12 bits per heavy atom. The van der Waals surface area contributed by atoms with E-state index in [4.69, 9.17) is 4.74 Å². The fourth-order valence-electron chi connectivity index (χ4n) is 2.92. The summed E-state index contributed by atoms with van der Waals surface area (Å²) in [5, 5.41) is 14.6. The zero-order valence-corrected chi connectivity index (χ0v) is 20.6. The van der Waals surface area contributed by atoms with Gasteiger partial charge in [-0.05, 0) is 52.3 Å². The third-order valence-electron chi connectivity index (χ3n) is 4.35. The van der Waals surface area contributed by atoms with Crippen LogP contribution in [0.15, 0.2) is 24.3 Å². The second-order valence-electron chi connectivity index (χ2n) is 8.51. The topological polar surface area (TPSA) is 134 Å². The molecule has 10 nitrogen and oxygen atoms in total. The third kappa shape index (κ3) is 8.83. The maximum absolute atomic E-state index is 13.5. The number of rotatable bonds is 9. The van der Waals surface area contributed by atoms with Crippen LogP contribution in [-0.2, 0) is 23.9 Å². The second kappa shape index (κ2) is 12.3. The first-order valence-electron chi connectivity index (χ1n) is 10.4. The van der Waals surface area contributed by atoms with E-state index in [0.717, 1.165) is 0 Å². The second-order valence-corrected chi connectivity index (χ2v) is 8.87. The fourth-order valence-corrected chi connectivity index (χ4v) is 3.17. The lowest BCUT2D eigenvalue weighted by Crippen LogP contribution is -2.56. The zero-order valence-electron chi connectivity index (χ0n) is 19.7. The molecule has 1 aromatic carbocycles. The van der Waals surface area contributed by atoms with E-state index in [9.17, 15) is 24.3 Å². The van der Waals surface area contributed by atoms with Crippen molar-refractivity contribution in [2.75, 3.05) is 19.4 Å².